The van der Waals surface area contributed by atoms with E-state index in [4.69, 9.17) is 11.6 Å². The molecule has 2 rings (SSSR count). The van der Waals surface area contributed by atoms with E-state index < -0.39 is 5.82 Å². The summed E-state index contributed by atoms with van der Waals surface area (Å²) in [5, 5.41) is 2.92. The fraction of sp³-hybridized carbons (Fsp3) is 0.0667. The van der Waals surface area contributed by atoms with Crippen LogP contribution in [0.1, 0.15) is 11.3 Å². The number of halogens is 2. The van der Waals surface area contributed by atoms with Crippen LogP contribution in [0, 0.1) is 5.82 Å². The molecule has 1 aromatic carbocycles. The number of nitrogens with one attached hydrogen (secondary N) is 1. The van der Waals surface area contributed by atoms with Crippen molar-refractivity contribution >= 4 is 23.6 Å². The van der Waals surface area contributed by atoms with Gasteiger partial charge in [-0.1, -0.05) is 23.7 Å². The second-order valence-corrected chi connectivity index (χ2v) is 4.41. The lowest BCUT2D eigenvalue weighted by Gasteiger charge is -2.02. The molecule has 1 heterocycles. The highest BCUT2D eigenvalue weighted by atomic mass is 35.5. The number of pyridine rings is 1. The average molecular weight is 291 g/mol. The number of aromatic nitrogens is 1. The molecule has 0 spiro atoms. The maximum Gasteiger partial charge on any atom is 0.244 e. The predicted octanol–water partition coefficient (Wildman–Crippen LogP) is 3.20. The zero-order valence-electron chi connectivity index (χ0n) is 10.5. The molecule has 0 unspecified atom stereocenters. The molecule has 102 valence electrons. The Kier molecular flexibility index (Phi) is 4.85. The zero-order valence-corrected chi connectivity index (χ0v) is 11.3. The van der Waals surface area contributed by atoms with E-state index in [-0.39, 0.29) is 16.5 Å². The lowest BCUT2D eigenvalue weighted by molar-refractivity contribution is -0.116. The molecule has 1 amide bonds. The fourth-order valence-corrected chi connectivity index (χ4v) is 1.79. The number of rotatable bonds is 4. The summed E-state index contributed by atoms with van der Waals surface area (Å²) >= 11 is 5.85. The van der Waals surface area contributed by atoms with Gasteiger partial charge < -0.3 is 5.32 Å². The van der Waals surface area contributed by atoms with Gasteiger partial charge in [0, 0.05) is 17.8 Å². The number of hydrogen-bond acceptors (Lipinski definition) is 2. The minimum absolute atomic E-state index is 0.196. The summed E-state index contributed by atoms with van der Waals surface area (Å²) in [6, 6.07) is 9.80. The van der Waals surface area contributed by atoms with Gasteiger partial charge in [-0.05, 0) is 30.3 Å². The Morgan fingerprint density at radius 1 is 1.30 bits per heavy atom. The minimum Gasteiger partial charge on any atom is -0.347 e. The predicted molar refractivity (Wildman–Crippen MR) is 76.5 cm³/mol. The molecule has 2 aromatic rings. The van der Waals surface area contributed by atoms with Crippen LogP contribution >= 0.6 is 11.6 Å². The molecule has 0 aliphatic heterocycles. The lowest BCUT2D eigenvalue weighted by Crippen LogP contribution is -2.20. The monoisotopic (exact) mass is 290 g/mol. The second-order valence-electron chi connectivity index (χ2n) is 4.01. The van der Waals surface area contributed by atoms with Crippen LogP contribution < -0.4 is 5.32 Å². The van der Waals surface area contributed by atoms with Gasteiger partial charge >= 0.3 is 0 Å². The SMILES string of the molecule is O=C(/C=C/c1c(F)cccc1Cl)NCc1ccccn1. The Morgan fingerprint density at radius 2 is 2.15 bits per heavy atom. The molecular weight excluding hydrogens is 279 g/mol. The first-order valence-corrected chi connectivity index (χ1v) is 6.34. The molecule has 0 saturated carbocycles. The van der Waals surface area contributed by atoms with Crippen LogP contribution in [0.25, 0.3) is 6.08 Å². The molecule has 0 aliphatic rings. The van der Waals surface area contributed by atoms with E-state index in [1.807, 2.05) is 6.07 Å². The van der Waals surface area contributed by atoms with Crippen LogP contribution in [-0.4, -0.2) is 10.9 Å². The van der Waals surface area contributed by atoms with E-state index >= 15 is 0 Å². The summed E-state index contributed by atoms with van der Waals surface area (Å²) in [4.78, 5) is 15.7. The van der Waals surface area contributed by atoms with Gasteiger partial charge in [0.25, 0.3) is 0 Å². The number of amides is 1. The van der Waals surface area contributed by atoms with Gasteiger partial charge in [0.15, 0.2) is 0 Å². The van der Waals surface area contributed by atoms with Crippen molar-refractivity contribution in [2.45, 2.75) is 6.54 Å². The van der Waals surface area contributed by atoms with Crippen LogP contribution in [0.3, 0.4) is 0 Å². The Bertz CT molecular complexity index is 609. The highest BCUT2D eigenvalue weighted by molar-refractivity contribution is 6.32. The van der Waals surface area contributed by atoms with E-state index in [0.717, 1.165) is 5.69 Å². The van der Waals surface area contributed by atoms with E-state index in [9.17, 15) is 9.18 Å². The maximum absolute atomic E-state index is 13.5. The van der Waals surface area contributed by atoms with Gasteiger partial charge in [0.1, 0.15) is 5.82 Å². The van der Waals surface area contributed by atoms with Gasteiger partial charge in [0.2, 0.25) is 5.91 Å². The summed E-state index contributed by atoms with van der Waals surface area (Å²) in [5.41, 5.74) is 0.945. The van der Waals surface area contributed by atoms with Crippen molar-refractivity contribution in [3.63, 3.8) is 0 Å². The van der Waals surface area contributed by atoms with Gasteiger partial charge in [-0.25, -0.2) is 4.39 Å². The molecule has 5 heteroatoms. The summed E-state index contributed by atoms with van der Waals surface area (Å²) in [6.45, 7) is 0.315. The van der Waals surface area contributed by atoms with Crippen molar-refractivity contribution in [1.82, 2.24) is 10.3 Å². The highest BCUT2D eigenvalue weighted by Crippen LogP contribution is 2.20. The molecule has 0 bridgehead atoms. The molecule has 1 aromatic heterocycles. The number of hydrogen-bond donors (Lipinski definition) is 1. The smallest absolute Gasteiger partial charge is 0.244 e. The molecule has 3 nitrogen and oxygen atoms in total. The molecule has 1 N–H and O–H groups in total. The second kappa shape index (κ2) is 6.82. The topological polar surface area (TPSA) is 42.0 Å². The number of carbonyl (C=O) groups is 1. The third-order valence-electron chi connectivity index (χ3n) is 2.57. The molecule has 0 saturated heterocycles. The van der Waals surface area contributed by atoms with Crippen molar-refractivity contribution < 1.29 is 9.18 Å². The van der Waals surface area contributed by atoms with E-state index in [1.165, 1.54) is 24.3 Å². The molecule has 0 atom stereocenters. The third-order valence-corrected chi connectivity index (χ3v) is 2.90. The number of benzene rings is 1. The normalized spacial score (nSPS) is 10.7. The zero-order chi connectivity index (χ0) is 14.4. The summed E-state index contributed by atoms with van der Waals surface area (Å²) in [7, 11) is 0. The average Bonchev–Trinajstić information content (AvgIpc) is 2.46. The van der Waals surface area contributed by atoms with E-state index in [1.54, 1.807) is 24.4 Å². The lowest BCUT2D eigenvalue weighted by atomic mass is 10.2. The standard InChI is InChI=1S/C15H12ClFN2O/c16-13-5-3-6-14(17)12(13)7-8-15(20)19-10-11-4-1-2-9-18-11/h1-9H,10H2,(H,19,20)/b8-7+. The van der Waals surface area contributed by atoms with Crippen LogP contribution in [0.2, 0.25) is 5.02 Å². The van der Waals surface area contributed by atoms with E-state index in [0.29, 0.717) is 6.54 Å². The Morgan fingerprint density at radius 3 is 2.85 bits per heavy atom. The minimum atomic E-state index is -0.466. The molecule has 0 fully saturated rings. The molecular formula is C15H12ClFN2O. The highest BCUT2D eigenvalue weighted by Gasteiger charge is 2.04. The van der Waals surface area contributed by atoms with Gasteiger partial charge in [-0.3, -0.25) is 9.78 Å². The Hall–Kier alpha value is -2.20. The Balaban J connectivity index is 1.96. The molecule has 0 aliphatic carbocycles. The first-order chi connectivity index (χ1) is 9.66. The third kappa shape index (κ3) is 3.90. The van der Waals surface area contributed by atoms with Crippen molar-refractivity contribution in [3.05, 3.63) is 70.8 Å². The maximum atomic E-state index is 13.5. The van der Waals surface area contributed by atoms with Crippen molar-refractivity contribution in [2.24, 2.45) is 0 Å². The van der Waals surface area contributed by atoms with Crippen molar-refractivity contribution in [3.8, 4) is 0 Å². The van der Waals surface area contributed by atoms with Crippen LogP contribution in [0.4, 0.5) is 4.39 Å². The van der Waals surface area contributed by atoms with Gasteiger partial charge in [-0.15, -0.1) is 0 Å². The quantitative estimate of drug-likeness (QED) is 0.879. The van der Waals surface area contributed by atoms with Crippen LogP contribution in [0.5, 0.6) is 0 Å². The largest absolute Gasteiger partial charge is 0.347 e. The van der Waals surface area contributed by atoms with Crippen molar-refractivity contribution in [2.75, 3.05) is 0 Å². The first kappa shape index (κ1) is 14.2. The summed E-state index contributed by atoms with van der Waals surface area (Å²) < 4.78 is 13.5. The fourth-order valence-electron chi connectivity index (χ4n) is 1.57. The van der Waals surface area contributed by atoms with E-state index in [2.05, 4.69) is 10.3 Å². The van der Waals surface area contributed by atoms with Crippen molar-refractivity contribution in [1.29, 1.82) is 0 Å². The number of carbonyl (C=O) groups excluding carboxylic acids is 1. The number of nitrogens with zero attached hydrogens (tertiary/aromatic N) is 1. The summed E-state index contributed by atoms with van der Waals surface area (Å²) in [6.07, 6.45) is 4.25. The molecule has 20 heavy (non-hydrogen) atoms. The van der Waals surface area contributed by atoms with Crippen LogP contribution in [0.15, 0.2) is 48.7 Å². The first-order valence-electron chi connectivity index (χ1n) is 5.96. The van der Waals surface area contributed by atoms with Gasteiger partial charge in [-0.2, -0.15) is 0 Å². The summed E-state index contributed by atoms with van der Waals surface area (Å²) in [5.74, 6) is -0.804. The Labute approximate surface area is 121 Å². The molecule has 0 radical (unpaired) electrons. The van der Waals surface area contributed by atoms with Gasteiger partial charge in [0.05, 0.1) is 17.3 Å². The van der Waals surface area contributed by atoms with Crippen LogP contribution in [-0.2, 0) is 11.3 Å².